The van der Waals surface area contributed by atoms with Crippen molar-refractivity contribution in [2.45, 2.75) is 45.7 Å². The molecule has 0 aliphatic rings. The lowest BCUT2D eigenvalue weighted by atomic mass is 10.1. The van der Waals surface area contributed by atoms with Gasteiger partial charge in [-0.25, -0.2) is 4.98 Å². The fraction of sp³-hybridized carbons (Fsp3) is 0.350. The Balaban J connectivity index is 1.89. The normalized spacial score (nSPS) is 12.0. The van der Waals surface area contributed by atoms with Gasteiger partial charge in [-0.1, -0.05) is 42.0 Å². The molecule has 0 unspecified atom stereocenters. The molecular formula is C20H25N3. The van der Waals surface area contributed by atoms with Crippen LogP contribution in [-0.4, -0.2) is 15.1 Å². The van der Waals surface area contributed by atoms with Gasteiger partial charge < -0.3 is 10.3 Å². The van der Waals surface area contributed by atoms with Crippen molar-refractivity contribution in [2.75, 3.05) is 0 Å². The van der Waals surface area contributed by atoms with E-state index in [1.165, 1.54) is 16.6 Å². The Bertz CT molecular complexity index is 792. The lowest BCUT2D eigenvalue weighted by Crippen LogP contribution is -2.37. The van der Waals surface area contributed by atoms with Crippen molar-refractivity contribution in [3.8, 4) is 0 Å². The quantitative estimate of drug-likeness (QED) is 0.777. The third-order valence-electron chi connectivity index (χ3n) is 4.06. The molecule has 0 saturated carbocycles. The number of aryl methyl sites for hydroxylation is 3. The summed E-state index contributed by atoms with van der Waals surface area (Å²) in [4.78, 5) is 4.84. The van der Waals surface area contributed by atoms with Crippen LogP contribution in [-0.2, 0) is 19.4 Å². The van der Waals surface area contributed by atoms with Crippen LogP contribution in [0.15, 0.2) is 48.5 Å². The van der Waals surface area contributed by atoms with E-state index in [0.29, 0.717) is 0 Å². The van der Waals surface area contributed by atoms with Crippen LogP contribution in [0.2, 0.25) is 0 Å². The van der Waals surface area contributed by atoms with Gasteiger partial charge in [0.15, 0.2) is 0 Å². The molecule has 0 spiro atoms. The maximum atomic E-state index is 6.26. The van der Waals surface area contributed by atoms with Gasteiger partial charge in [0.1, 0.15) is 5.82 Å². The number of rotatable bonds is 5. The van der Waals surface area contributed by atoms with E-state index in [0.717, 1.165) is 30.7 Å². The molecule has 0 bridgehead atoms. The summed E-state index contributed by atoms with van der Waals surface area (Å²) in [6, 6.07) is 17.0. The minimum atomic E-state index is -0.262. The average molecular weight is 307 g/mol. The smallest absolute Gasteiger partial charge is 0.110 e. The SMILES string of the molecule is Cc1ccc(CCc2nc3ccccc3n2CC(C)(C)N)cc1. The highest BCUT2D eigenvalue weighted by atomic mass is 15.1. The zero-order valence-corrected chi connectivity index (χ0v) is 14.2. The fourth-order valence-corrected chi connectivity index (χ4v) is 2.91. The van der Waals surface area contributed by atoms with Gasteiger partial charge in [-0.15, -0.1) is 0 Å². The van der Waals surface area contributed by atoms with Gasteiger partial charge in [0.05, 0.1) is 11.0 Å². The van der Waals surface area contributed by atoms with Crippen LogP contribution in [0, 0.1) is 6.92 Å². The fourth-order valence-electron chi connectivity index (χ4n) is 2.91. The largest absolute Gasteiger partial charge is 0.326 e. The van der Waals surface area contributed by atoms with Gasteiger partial charge in [0.2, 0.25) is 0 Å². The third kappa shape index (κ3) is 3.80. The Kier molecular flexibility index (Phi) is 4.22. The van der Waals surface area contributed by atoms with E-state index in [2.05, 4.69) is 67.8 Å². The summed E-state index contributed by atoms with van der Waals surface area (Å²) in [6.45, 7) is 7.01. The first kappa shape index (κ1) is 15.8. The summed E-state index contributed by atoms with van der Waals surface area (Å²) in [6.07, 6.45) is 1.92. The van der Waals surface area contributed by atoms with Gasteiger partial charge >= 0.3 is 0 Å². The molecular weight excluding hydrogens is 282 g/mol. The first-order valence-electron chi connectivity index (χ1n) is 8.21. The molecule has 1 aromatic heterocycles. The van der Waals surface area contributed by atoms with Crippen molar-refractivity contribution in [1.29, 1.82) is 0 Å². The van der Waals surface area contributed by atoms with Crippen molar-refractivity contribution in [2.24, 2.45) is 5.73 Å². The van der Waals surface area contributed by atoms with Gasteiger partial charge in [0.25, 0.3) is 0 Å². The highest BCUT2D eigenvalue weighted by molar-refractivity contribution is 5.75. The van der Waals surface area contributed by atoms with E-state index >= 15 is 0 Å². The Morgan fingerprint density at radius 3 is 2.39 bits per heavy atom. The van der Waals surface area contributed by atoms with E-state index in [4.69, 9.17) is 10.7 Å². The Labute approximate surface area is 138 Å². The number of benzene rings is 2. The number of para-hydroxylation sites is 2. The lowest BCUT2D eigenvalue weighted by Gasteiger charge is -2.21. The van der Waals surface area contributed by atoms with Crippen molar-refractivity contribution in [3.63, 3.8) is 0 Å². The second-order valence-electron chi connectivity index (χ2n) is 7.08. The molecule has 3 rings (SSSR count). The lowest BCUT2D eigenvalue weighted by molar-refractivity contribution is 0.431. The second kappa shape index (κ2) is 6.17. The van der Waals surface area contributed by atoms with E-state index in [1.807, 2.05) is 6.07 Å². The Morgan fingerprint density at radius 2 is 1.70 bits per heavy atom. The number of nitrogens with zero attached hydrogens (tertiary/aromatic N) is 2. The Morgan fingerprint density at radius 1 is 1.00 bits per heavy atom. The van der Waals surface area contributed by atoms with Crippen molar-refractivity contribution in [3.05, 3.63) is 65.5 Å². The third-order valence-corrected chi connectivity index (χ3v) is 4.06. The molecule has 1 heterocycles. The Hall–Kier alpha value is -2.13. The molecule has 0 aliphatic carbocycles. The molecule has 23 heavy (non-hydrogen) atoms. The molecule has 0 radical (unpaired) electrons. The van der Waals surface area contributed by atoms with E-state index in [-0.39, 0.29) is 5.54 Å². The maximum Gasteiger partial charge on any atom is 0.110 e. The van der Waals surface area contributed by atoms with Crippen LogP contribution in [0.25, 0.3) is 11.0 Å². The minimum Gasteiger partial charge on any atom is -0.326 e. The van der Waals surface area contributed by atoms with Crippen molar-refractivity contribution < 1.29 is 0 Å². The molecule has 2 N–H and O–H groups in total. The highest BCUT2D eigenvalue weighted by Crippen LogP contribution is 2.20. The van der Waals surface area contributed by atoms with Gasteiger partial charge in [0, 0.05) is 18.5 Å². The number of hydrogen-bond acceptors (Lipinski definition) is 2. The molecule has 0 saturated heterocycles. The summed E-state index contributed by atoms with van der Waals surface area (Å²) in [5.74, 6) is 1.12. The van der Waals surface area contributed by atoms with Gasteiger partial charge in [-0.2, -0.15) is 0 Å². The number of fused-ring (bicyclic) bond motifs is 1. The second-order valence-corrected chi connectivity index (χ2v) is 7.08. The number of hydrogen-bond donors (Lipinski definition) is 1. The standard InChI is InChI=1S/C20H25N3/c1-15-8-10-16(11-9-15)12-13-19-22-17-6-4-5-7-18(17)23(19)14-20(2,3)21/h4-11H,12-14,21H2,1-3H3. The summed E-state index contributed by atoms with van der Waals surface area (Å²) in [7, 11) is 0. The van der Waals surface area contributed by atoms with E-state index < -0.39 is 0 Å². The molecule has 0 aliphatic heterocycles. The van der Waals surface area contributed by atoms with Gasteiger partial charge in [-0.3, -0.25) is 0 Å². The van der Waals surface area contributed by atoms with Gasteiger partial charge in [-0.05, 0) is 44.9 Å². The zero-order chi connectivity index (χ0) is 16.4. The van der Waals surface area contributed by atoms with E-state index in [1.54, 1.807) is 0 Å². The minimum absolute atomic E-state index is 0.262. The zero-order valence-electron chi connectivity index (χ0n) is 14.2. The summed E-state index contributed by atoms with van der Waals surface area (Å²) < 4.78 is 2.28. The number of imidazole rings is 1. The van der Waals surface area contributed by atoms with E-state index in [9.17, 15) is 0 Å². The molecule has 0 fully saturated rings. The molecule has 3 heteroatoms. The monoisotopic (exact) mass is 307 g/mol. The molecule has 3 nitrogen and oxygen atoms in total. The predicted octanol–water partition coefficient (Wildman–Crippen LogP) is 3.87. The summed E-state index contributed by atoms with van der Waals surface area (Å²) >= 11 is 0. The summed E-state index contributed by atoms with van der Waals surface area (Å²) in [5, 5.41) is 0. The molecule has 3 aromatic rings. The van der Waals surface area contributed by atoms with Crippen LogP contribution in [0.1, 0.15) is 30.8 Å². The van der Waals surface area contributed by atoms with Crippen LogP contribution in [0.4, 0.5) is 0 Å². The van der Waals surface area contributed by atoms with Crippen molar-refractivity contribution in [1.82, 2.24) is 9.55 Å². The van der Waals surface area contributed by atoms with Crippen LogP contribution in [0.3, 0.4) is 0 Å². The number of aromatic nitrogens is 2. The summed E-state index contributed by atoms with van der Waals surface area (Å²) in [5.41, 5.74) is 10.9. The highest BCUT2D eigenvalue weighted by Gasteiger charge is 2.17. The maximum absolute atomic E-state index is 6.26. The molecule has 120 valence electrons. The predicted molar refractivity (Wildman–Crippen MR) is 96.6 cm³/mol. The first-order valence-corrected chi connectivity index (χ1v) is 8.21. The molecule has 0 atom stereocenters. The molecule has 0 amide bonds. The van der Waals surface area contributed by atoms with Crippen LogP contribution in [0.5, 0.6) is 0 Å². The average Bonchev–Trinajstić information content (AvgIpc) is 2.83. The molecule has 2 aromatic carbocycles. The van der Waals surface area contributed by atoms with Crippen molar-refractivity contribution >= 4 is 11.0 Å². The first-order chi connectivity index (χ1) is 10.9. The van der Waals surface area contributed by atoms with Crippen LogP contribution < -0.4 is 5.73 Å². The topological polar surface area (TPSA) is 43.8 Å². The van der Waals surface area contributed by atoms with Crippen LogP contribution >= 0.6 is 0 Å². The number of nitrogens with two attached hydrogens (primary N) is 1.